The van der Waals surface area contributed by atoms with Crippen LogP contribution < -0.4 is 0 Å². The maximum absolute atomic E-state index is 11.2. The van der Waals surface area contributed by atoms with Crippen molar-refractivity contribution in [3.05, 3.63) is 35.4 Å². The smallest absolute Gasteiger partial charge is 0.160 e. The van der Waals surface area contributed by atoms with E-state index in [0.717, 1.165) is 5.56 Å². The largest absolute Gasteiger partial charge is 0.396 e. The van der Waals surface area contributed by atoms with Crippen molar-refractivity contribution in [3.8, 4) is 0 Å². The predicted molar refractivity (Wildman–Crippen MR) is 51.9 cm³/mol. The van der Waals surface area contributed by atoms with Crippen molar-refractivity contribution in [2.75, 3.05) is 6.61 Å². The summed E-state index contributed by atoms with van der Waals surface area (Å²) in [5, 5.41) is 8.98. The Labute approximate surface area is 78.2 Å². The van der Waals surface area contributed by atoms with Crippen LogP contribution in [0.3, 0.4) is 0 Å². The number of aliphatic hydroxyl groups is 1. The molecule has 1 atom stereocenters. The Morgan fingerprint density at radius 3 is 2.62 bits per heavy atom. The number of ketones is 1. The normalized spacial score (nSPS) is 12.5. The van der Waals surface area contributed by atoms with Gasteiger partial charge in [0.15, 0.2) is 5.78 Å². The van der Waals surface area contributed by atoms with E-state index in [1.807, 2.05) is 25.1 Å². The molecule has 2 nitrogen and oxygen atoms in total. The van der Waals surface area contributed by atoms with Crippen LogP contribution in [0.2, 0.25) is 0 Å². The molecule has 1 aromatic carbocycles. The minimum absolute atomic E-state index is 0.0279. The molecule has 0 radical (unpaired) electrons. The van der Waals surface area contributed by atoms with E-state index < -0.39 is 0 Å². The average molecular weight is 178 g/mol. The molecule has 0 aliphatic heterocycles. The Morgan fingerprint density at radius 1 is 1.46 bits per heavy atom. The van der Waals surface area contributed by atoms with E-state index >= 15 is 0 Å². The zero-order valence-corrected chi connectivity index (χ0v) is 7.95. The monoisotopic (exact) mass is 178 g/mol. The summed E-state index contributed by atoms with van der Waals surface area (Å²) in [6.45, 7) is 3.52. The molecule has 1 aromatic rings. The van der Waals surface area contributed by atoms with Crippen LogP contribution in [0.4, 0.5) is 0 Å². The van der Waals surface area contributed by atoms with E-state index in [9.17, 15) is 4.79 Å². The van der Waals surface area contributed by atoms with Gasteiger partial charge in [0.25, 0.3) is 0 Å². The van der Waals surface area contributed by atoms with Crippen LogP contribution >= 0.6 is 0 Å². The van der Waals surface area contributed by atoms with Gasteiger partial charge in [-0.1, -0.05) is 31.2 Å². The fourth-order valence-electron chi connectivity index (χ4n) is 1.35. The molecule has 1 N–H and O–H groups in total. The summed E-state index contributed by atoms with van der Waals surface area (Å²) < 4.78 is 0. The molecule has 70 valence electrons. The van der Waals surface area contributed by atoms with Crippen molar-refractivity contribution in [2.24, 2.45) is 0 Å². The Hall–Kier alpha value is -1.15. The molecule has 0 saturated heterocycles. The first kappa shape index (κ1) is 9.93. The van der Waals surface area contributed by atoms with Crippen LogP contribution in [0.5, 0.6) is 0 Å². The van der Waals surface area contributed by atoms with Crippen LogP contribution in [-0.4, -0.2) is 17.5 Å². The molecule has 0 amide bonds. The number of hydrogen-bond donors (Lipinski definition) is 1. The zero-order chi connectivity index (χ0) is 9.84. The van der Waals surface area contributed by atoms with Gasteiger partial charge in [-0.15, -0.1) is 0 Å². The summed E-state index contributed by atoms with van der Waals surface area (Å²) in [4.78, 5) is 11.2. The van der Waals surface area contributed by atoms with Crippen molar-refractivity contribution < 1.29 is 9.90 Å². The van der Waals surface area contributed by atoms with Crippen molar-refractivity contribution in [2.45, 2.75) is 19.8 Å². The maximum atomic E-state index is 11.2. The highest BCUT2D eigenvalue weighted by molar-refractivity contribution is 5.95. The fourth-order valence-corrected chi connectivity index (χ4v) is 1.35. The molecule has 1 unspecified atom stereocenters. The van der Waals surface area contributed by atoms with Gasteiger partial charge in [-0.25, -0.2) is 0 Å². The molecule has 0 saturated carbocycles. The van der Waals surface area contributed by atoms with E-state index in [2.05, 4.69) is 0 Å². The lowest BCUT2D eigenvalue weighted by Gasteiger charge is -2.11. The predicted octanol–water partition coefficient (Wildman–Crippen LogP) is 1.98. The molecular formula is C11H14O2. The van der Waals surface area contributed by atoms with Gasteiger partial charge in [0.05, 0.1) is 0 Å². The van der Waals surface area contributed by atoms with Gasteiger partial charge in [-0.3, -0.25) is 4.79 Å². The Bertz CT molecular complexity index is 305. The summed E-state index contributed by atoms with van der Waals surface area (Å²) in [5.41, 5.74) is 1.64. The Kier molecular flexibility index (Phi) is 3.20. The number of carbonyl (C=O) groups excluding carboxylic acids is 1. The van der Waals surface area contributed by atoms with Crippen LogP contribution in [0.1, 0.15) is 35.7 Å². The number of Topliss-reactive ketones (excluding diaryl/α,β-unsaturated/α-hetero) is 1. The molecule has 0 bridgehead atoms. The molecule has 0 heterocycles. The maximum Gasteiger partial charge on any atom is 0.160 e. The average Bonchev–Trinajstić information content (AvgIpc) is 2.16. The highest BCUT2D eigenvalue weighted by atomic mass is 16.3. The van der Waals surface area contributed by atoms with Crippen LogP contribution in [-0.2, 0) is 0 Å². The van der Waals surface area contributed by atoms with Crippen molar-refractivity contribution in [1.29, 1.82) is 0 Å². The summed E-state index contributed by atoms with van der Waals surface area (Å²) in [6.07, 6.45) is 0. The van der Waals surface area contributed by atoms with E-state index in [1.165, 1.54) is 0 Å². The van der Waals surface area contributed by atoms with Gasteiger partial charge in [0.2, 0.25) is 0 Å². The second kappa shape index (κ2) is 4.19. The third kappa shape index (κ3) is 2.16. The second-order valence-electron chi connectivity index (χ2n) is 3.23. The van der Waals surface area contributed by atoms with E-state index in [-0.39, 0.29) is 18.3 Å². The van der Waals surface area contributed by atoms with Crippen molar-refractivity contribution in [3.63, 3.8) is 0 Å². The van der Waals surface area contributed by atoms with Crippen molar-refractivity contribution in [1.82, 2.24) is 0 Å². The fraction of sp³-hybridized carbons (Fsp3) is 0.364. The third-order valence-electron chi connectivity index (χ3n) is 2.14. The summed E-state index contributed by atoms with van der Waals surface area (Å²) in [5.74, 6) is 0.0796. The lowest BCUT2D eigenvalue weighted by Crippen LogP contribution is -2.05. The van der Waals surface area contributed by atoms with E-state index in [0.29, 0.717) is 5.56 Å². The molecular weight excluding hydrogens is 164 g/mol. The molecule has 2 heteroatoms. The quantitative estimate of drug-likeness (QED) is 0.718. The molecule has 0 aromatic heterocycles. The van der Waals surface area contributed by atoms with Gasteiger partial charge in [0, 0.05) is 18.1 Å². The number of rotatable bonds is 3. The molecule has 1 rings (SSSR count). The first-order valence-corrected chi connectivity index (χ1v) is 4.37. The first-order chi connectivity index (χ1) is 6.16. The van der Waals surface area contributed by atoms with Crippen LogP contribution in [0, 0.1) is 0 Å². The number of hydrogen-bond acceptors (Lipinski definition) is 2. The number of benzene rings is 1. The summed E-state index contributed by atoms with van der Waals surface area (Å²) in [7, 11) is 0. The standard InChI is InChI=1S/C11H14O2/c1-8(7-12)10-5-3-4-6-11(10)9(2)13/h3-6,8,12H,7H2,1-2H3. The van der Waals surface area contributed by atoms with E-state index in [4.69, 9.17) is 5.11 Å². The Balaban J connectivity index is 3.11. The zero-order valence-electron chi connectivity index (χ0n) is 7.95. The van der Waals surface area contributed by atoms with Crippen LogP contribution in [0.15, 0.2) is 24.3 Å². The lowest BCUT2D eigenvalue weighted by atomic mass is 9.94. The molecule has 0 fully saturated rings. The third-order valence-corrected chi connectivity index (χ3v) is 2.14. The van der Waals surface area contributed by atoms with Gasteiger partial charge in [-0.05, 0) is 12.5 Å². The first-order valence-electron chi connectivity index (χ1n) is 4.37. The van der Waals surface area contributed by atoms with E-state index in [1.54, 1.807) is 13.0 Å². The van der Waals surface area contributed by atoms with Gasteiger partial charge in [-0.2, -0.15) is 0 Å². The summed E-state index contributed by atoms with van der Waals surface area (Å²) in [6, 6.07) is 7.40. The molecule has 0 aliphatic carbocycles. The Morgan fingerprint density at radius 2 is 2.08 bits per heavy atom. The van der Waals surface area contributed by atoms with Gasteiger partial charge in [0.1, 0.15) is 0 Å². The van der Waals surface area contributed by atoms with Crippen LogP contribution in [0.25, 0.3) is 0 Å². The lowest BCUT2D eigenvalue weighted by molar-refractivity contribution is 0.101. The molecule has 0 spiro atoms. The minimum Gasteiger partial charge on any atom is -0.396 e. The van der Waals surface area contributed by atoms with Gasteiger partial charge < -0.3 is 5.11 Å². The highest BCUT2D eigenvalue weighted by Gasteiger charge is 2.11. The van der Waals surface area contributed by atoms with Crippen molar-refractivity contribution >= 4 is 5.78 Å². The summed E-state index contributed by atoms with van der Waals surface area (Å²) >= 11 is 0. The second-order valence-corrected chi connectivity index (χ2v) is 3.23. The highest BCUT2D eigenvalue weighted by Crippen LogP contribution is 2.19. The number of carbonyl (C=O) groups is 1. The SMILES string of the molecule is CC(=O)c1ccccc1C(C)CO. The van der Waals surface area contributed by atoms with Gasteiger partial charge >= 0.3 is 0 Å². The topological polar surface area (TPSA) is 37.3 Å². The molecule has 0 aliphatic rings. The number of aliphatic hydroxyl groups excluding tert-OH is 1. The minimum atomic E-state index is 0.0279. The molecule has 13 heavy (non-hydrogen) atoms.